The predicted octanol–water partition coefficient (Wildman–Crippen LogP) is 2.37. The molecule has 0 atom stereocenters. The van der Waals surface area contributed by atoms with Gasteiger partial charge in [-0.1, -0.05) is 12.1 Å². The average Bonchev–Trinajstić information content (AvgIpc) is 2.58. The molecular formula is C16H24BNO2. The van der Waals surface area contributed by atoms with Crippen LogP contribution in [0.3, 0.4) is 0 Å². The molecule has 0 radical (unpaired) electrons. The Morgan fingerprint density at radius 2 is 1.75 bits per heavy atom. The number of rotatable bonds is 1. The zero-order valence-electron chi connectivity index (χ0n) is 13.2. The van der Waals surface area contributed by atoms with Crippen molar-refractivity contribution in [2.75, 3.05) is 18.5 Å². The molecule has 1 fully saturated rings. The summed E-state index contributed by atoms with van der Waals surface area (Å²) in [5.74, 6) is 0. The number of benzene rings is 1. The zero-order valence-corrected chi connectivity index (χ0v) is 13.2. The van der Waals surface area contributed by atoms with E-state index in [1.807, 2.05) is 0 Å². The van der Waals surface area contributed by atoms with E-state index in [4.69, 9.17) is 9.31 Å². The molecule has 1 aromatic carbocycles. The van der Waals surface area contributed by atoms with Gasteiger partial charge >= 0.3 is 7.12 Å². The van der Waals surface area contributed by atoms with Gasteiger partial charge in [-0.2, -0.15) is 0 Å². The molecule has 20 heavy (non-hydrogen) atoms. The highest BCUT2D eigenvalue weighted by atomic mass is 16.7. The maximum Gasteiger partial charge on any atom is 0.494 e. The molecule has 0 saturated carbocycles. The fourth-order valence-electron chi connectivity index (χ4n) is 2.93. The van der Waals surface area contributed by atoms with Crippen LogP contribution in [0.25, 0.3) is 0 Å². The van der Waals surface area contributed by atoms with Crippen LogP contribution in [0, 0.1) is 0 Å². The van der Waals surface area contributed by atoms with Crippen LogP contribution in [-0.4, -0.2) is 31.9 Å². The van der Waals surface area contributed by atoms with Gasteiger partial charge in [-0.05, 0) is 57.6 Å². The lowest BCUT2D eigenvalue weighted by molar-refractivity contribution is 0.00578. The smallest absolute Gasteiger partial charge is 0.399 e. The lowest BCUT2D eigenvalue weighted by Crippen LogP contribution is -2.41. The van der Waals surface area contributed by atoms with Gasteiger partial charge in [0.1, 0.15) is 0 Å². The molecule has 1 aromatic rings. The number of hydrogen-bond donors (Lipinski definition) is 0. The van der Waals surface area contributed by atoms with Gasteiger partial charge in [0.25, 0.3) is 0 Å². The third-order valence-corrected chi connectivity index (χ3v) is 4.98. The van der Waals surface area contributed by atoms with Crippen LogP contribution in [-0.2, 0) is 15.7 Å². The van der Waals surface area contributed by atoms with E-state index in [0.717, 1.165) is 18.4 Å². The van der Waals surface area contributed by atoms with Gasteiger partial charge in [0.15, 0.2) is 0 Å². The van der Waals surface area contributed by atoms with Crippen LogP contribution < -0.4 is 10.4 Å². The Kier molecular flexibility index (Phi) is 3.14. The fourth-order valence-corrected chi connectivity index (χ4v) is 2.93. The molecule has 0 N–H and O–H groups in total. The maximum atomic E-state index is 6.13. The minimum Gasteiger partial charge on any atom is -0.399 e. The van der Waals surface area contributed by atoms with Gasteiger partial charge in [0.05, 0.1) is 11.2 Å². The van der Waals surface area contributed by atoms with Crippen molar-refractivity contribution >= 4 is 18.3 Å². The van der Waals surface area contributed by atoms with Crippen molar-refractivity contribution in [2.24, 2.45) is 0 Å². The average molecular weight is 273 g/mol. The summed E-state index contributed by atoms with van der Waals surface area (Å²) in [5.41, 5.74) is 3.34. The largest absolute Gasteiger partial charge is 0.494 e. The topological polar surface area (TPSA) is 21.7 Å². The first kappa shape index (κ1) is 14.0. The molecule has 4 heteroatoms. The minimum atomic E-state index is -0.273. The molecule has 3 nitrogen and oxygen atoms in total. The lowest BCUT2D eigenvalue weighted by atomic mass is 9.77. The van der Waals surface area contributed by atoms with Crippen molar-refractivity contribution in [2.45, 2.75) is 51.7 Å². The number of anilines is 1. The van der Waals surface area contributed by atoms with E-state index in [9.17, 15) is 0 Å². The van der Waals surface area contributed by atoms with Crippen molar-refractivity contribution in [3.63, 3.8) is 0 Å². The van der Waals surface area contributed by atoms with E-state index in [1.165, 1.54) is 17.7 Å². The number of aryl methyl sites for hydroxylation is 1. The highest BCUT2D eigenvalue weighted by Crippen LogP contribution is 2.37. The molecular weight excluding hydrogens is 249 g/mol. The molecule has 3 rings (SSSR count). The van der Waals surface area contributed by atoms with Gasteiger partial charge in [0, 0.05) is 19.3 Å². The van der Waals surface area contributed by atoms with Gasteiger partial charge < -0.3 is 14.2 Å². The molecule has 2 heterocycles. The van der Waals surface area contributed by atoms with Gasteiger partial charge in [-0.3, -0.25) is 0 Å². The normalized spacial score (nSPS) is 23.9. The van der Waals surface area contributed by atoms with Gasteiger partial charge in [-0.15, -0.1) is 0 Å². The van der Waals surface area contributed by atoms with E-state index >= 15 is 0 Å². The molecule has 0 amide bonds. The van der Waals surface area contributed by atoms with E-state index < -0.39 is 0 Å². The maximum absolute atomic E-state index is 6.13. The van der Waals surface area contributed by atoms with Crippen molar-refractivity contribution in [1.29, 1.82) is 0 Å². The van der Waals surface area contributed by atoms with Crippen molar-refractivity contribution < 1.29 is 9.31 Å². The summed E-state index contributed by atoms with van der Waals surface area (Å²) in [6.45, 7) is 9.53. The van der Waals surface area contributed by atoms with Crippen LogP contribution in [0.4, 0.5) is 5.69 Å². The minimum absolute atomic E-state index is 0.252. The van der Waals surface area contributed by atoms with Crippen LogP contribution in [0.2, 0.25) is 0 Å². The third kappa shape index (κ3) is 2.15. The molecule has 0 unspecified atom stereocenters. The Morgan fingerprint density at radius 1 is 1.10 bits per heavy atom. The Bertz CT molecular complexity index is 511. The summed E-state index contributed by atoms with van der Waals surface area (Å²) in [6.07, 6.45) is 2.36. The van der Waals surface area contributed by atoms with Gasteiger partial charge in [0.2, 0.25) is 0 Å². The van der Waals surface area contributed by atoms with Crippen LogP contribution in [0.5, 0.6) is 0 Å². The van der Waals surface area contributed by atoms with Crippen LogP contribution >= 0.6 is 0 Å². The van der Waals surface area contributed by atoms with Crippen LogP contribution in [0.15, 0.2) is 18.2 Å². The van der Waals surface area contributed by atoms with Crippen molar-refractivity contribution in [1.82, 2.24) is 0 Å². The summed E-state index contributed by atoms with van der Waals surface area (Å²) < 4.78 is 12.3. The molecule has 0 spiro atoms. The zero-order chi connectivity index (χ0) is 14.5. The molecule has 0 aromatic heterocycles. The first-order valence-electron chi connectivity index (χ1n) is 7.50. The standard InChI is InChI=1S/C16H24BNO2/c1-15(2)16(3,4)20-17(19-15)13-8-9-14-12(11-13)7-6-10-18(14)5/h8-9,11H,6-7,10H2,1-5H3. The quantitative estimate of drug-likeness (QED) is 0.733. The molecule has 2 aliphatic heterocycles. The summed E-state index contributed by atoms with van der Waals surface area (Å²) in [6, 6.07) is 6.60. The Morgan fingerprint density at radius 3 is 2.40 bits per heavy atom. The van der Waals surface area contributed by atoms with E-state index in [-0.39, 0.29) is 18.3 Å². The molecule has 2 aliphatic rings. The van der Waals surface area contributed by atoms with Crippen molar-refractivity contribution in [3.8, 4) is 0 Å². The SMILES string of the molecule is CN1CCCc2cc(B3OC(C)(C)C(C)(C)O3)ccc21. The van der Waals surface area contributed by atoms with Crippen LogP contribution in [0.1, 0.15) is 39.7 Å². The Balaban J connectivity index is 1.90. The number of fused-ring (bicyclic) bond motifs is 1. The van der Waals surface area contributed by atoms with E-state index in [2.05, 4.69) is 57.8 Å². The summed E-state index contributed by atoms with van der Waals surface area (Å²) in [5, 5.41) is 0. The van der Waals surface area contributed by atoms with Gasteiger partial charge in [-0.25, -0.2) is 0 Å². The van der Waals surface area contributed by atoms with E-state index in [0.29, 0.717) is 0 Å². The van der Waals surface area contributed by atoms with Crippen molar-refractivity contribution in [3.05, 3.63) is 23.8 Å². The second kappa shape index (κ2) is 4.50. The molecule has 1 saturated heterocycles. The molecule has 108 valence electrons. The summed E-state index contributed by atoms with van der Waals surface area (Å²) in [4.78, 5) is 2.33. The predicted molar refractivity (Wildman–Crippen MR) is 83.7 cm³/mol. The highest BCUT2D eigenvalue weighted by Gasteiger charge is 2.51. The second-order valence-corrected chi connectivity index (χ2v) is 7.00. The monoisotopic (exact) mass is 273 g/mol. The highest BCUT2D eigenvalue weighted by molar-refractivity contribution is 6.62. The Labute approximate surface area is 122 Å². The fraction of sp³-hybridized carbons (Fsp3) is 0.625. The first-order valence-corrected chi connectivity index (χ1v) is 7.50. The number of hydrogen-bond acceptors (Lipinski definition) is 3. The third-order valence-electron chi connectivity index (χ3n) is 4.98. The molecule has 0 bridgehead atoms. The Hall–Kier alpha value is -0.995. The first-order chi connectivity index (χ1) is 9.30. The summed E-state index contributed by atoms with van der Waals surface area (Å²) >= 11 is 0. The molecule has 0 aliphatic carbocycles. The second-order valence-electron chi connectivity index (χ2n) is 7.00. The lowest BCUT2D eigenvalue weighted by Gasteiger charge is -2.32. The van der Waals surface area contributed by atoms with E-state index in [1.54, 1.807) is 0 Å². The summed E-state index contributed by atoms with van der Waals surface area (Å²) in [7, 11) is 1.91. The number of nitrogens with zero attached hydrogens (tertiary/aromatic N) is 1.